The van der Waals surface area contributed by atoms with Crippen molar-refractivity contribution < 1.29 is 13.3 Å². The smallest absolute Gasteiger partial charge is 0.270 e. The first-order chi connectivity index (χ1) is 10.3. The quantitative estimate of drug-likeness (QED) is 0.671. The van der Waals surface area contributed by atoms with Gasteiger partial charge in [-0.3, -0.25) is 10.1 Å². The number of anilines is 1. The summed E-state index contributed by atoms with van der Waals surface area (Å²) in [4.78, 5) is 10.2. The van der Waals surface area contributed by atoms with Crippen molar-refractivity contribution in [1.82, 2.24) is 0 Å². The van der Waals surface area contributed by atoms with Crippen LogP contribution in [0, 0.1) is 21.4 Å². The van der Waals surface area contributed by atoms with Gasteiger partial charge in [0.05, 0.1) is 21.4 Å². The number of nitrogens with one attached hydrogen (secondary N) is 1. The van der Waals surface area contributed by atoms with Crippen molar-refractivity contribution in [2.24, 2.45) is 0 Å². The van der Waals surface area contributed by atoms with Gasteiger partial charge >= 0.3 is 0 Å². The Kier molecular flexibility index (Phi) is 4.66. The summed E-state index contributed by atoms with van der Waals surface area (Å²) in [6.45, 7) is 0. The Morgan fingerprint density at radius 2 is 2.14 bits per heavy atom. The highest BCUT2D eigenvalue weighted by atomic mass is 32.2. The Morgan fingerprint density at radius 1 is 1.41 bits per heavy atom. The minimum absolute atomic E-state index is 0.0537. The number of nitro benzene ring substituents is 1. The number of benzene rings is 1. The maximum Gasteiger partial charge on any atom is 0.270 e. The molecule has 1 saturated carbocycles. The number of hydrogen-bond acceptors (Lipinski definition) is 6. The summed E-state index contributed by atoms with van der Waals surface area (Å²) < 4.78 is 23.3. The zero-order valence-corrected chi connectivity index (χ0v) is 13.0. The Bertz CT molecular complexity index is 724. The van der Waals surface area contributed by atoms with Gasteiger partial charge in [-0.25, -0.2) is 8.42 Å². The monoisotopic (exact) mass is 323 g/mol. The average Bonchev–Trinajstić information content (AvgIpc) is 2.47. The maximum atomic E-state index is 11.7. The van der Waals surface area contributed by atoms with E-state index in [0.29, 0.717) is 18.5 Å². The molecule has 1 aromatic carbocycles. The van der Waals surface area contributed by atoms with Crippen molar-refractivity contribution in [3.05, 3.63) is 33.9 Å². The highest BCUT2D eigenvalue weighted by Gasteiger charge is 2.29. The molecule has 0 spiro atoms. The van der Waals surface area contributed by atoms with Crippen LogP contribution in [-0.2, 0) is 9.84 Å². The molecular weight excluding hydrogens is 306 g/mol. The molecule has 0 bridgehead atoms. The van der Waals surface area contributed by atoms with Crippen LogP contribution >= 0.6 is 0 Å². The summed E-state index contributed by atoms with van der Waals surface area (Å²) >= 11 is 0. The van der Waals surface area contributed by atoms with Crippen molar-refractivity contribution in [3.8, 4) is 6.07 Å². The van der Waals surface area contributed by atoms with E-state index in [1.165, 1.54) is 24.5 Å². The fourth-order valence-corrected chi connectivity index (χ4v) is 3.93. The number of rotatable bonds is 4. The fraction of sp³-hybridized carbons (Fsp3) is 0.500. The van der Waals surface area contributed by atoms with Gasteiger partial charge in [0.25, 0.3) is 5.69 Å². The zero-order chi connectivity index (χ0) is 16.3. The van der Waals surface area contributed by atoms with Gasteiger partial charge in [0.1, 0.15) is 15.9 Å². The van der Waals surface area contributed by atoms with E-state index in [0.717, 1.165) is 12.8 Å². The first kappa shape index (κ1) is 16.2. The summed E-state index contributed by atoms with van der Waals surface area (Å²) in [5.74, 6) is 0. The SMILES string of the molecule is CS(=O)(=O)C1CCCC(Nc2ccc([N+](=O)[O-])cc2C#N)C1. The van der Waals surface area contributed by atoms with Gasteiger partial charge in [0.15, 0.2) is 0 Å². The van der Waals surface area contributed by atoms with Crippen molar-refractivity contribution in [1.29, 1.82) is 5.26 Å². The number of nitrogens with zero attached hydrogens (tertiary/aromatic N) is 2. The fourth-order valence-electron chi connectivity index (χ4n) is 2.75. The second kappa shape index (κ2) is 6.32. The summed E-state index contributed by atoms with van der Waals surface area (Å²) in [5.41, 5.74) is 0.558. The molecule has 22 heavy (non-hydrogen) atoms. The minimum Gasteiger partial charge on any atom is -0.381 e. The normalized spacial score (nSPS) is 21.8. The van der Waals surface area contributed by atoms with Gasteiger partial charge in [0.2, 0.25) is 0 Å². The van der Waals surface area contributed by atoms with E-state index in [1.54, 1.807) is 0 Å². The molecule has 118 valence electrons. The predicted molar refractivity (Wildman–Crippen MR) is 82.3 cm³/mol. The van der Waals surface area contributed by atoms with Gasteiger partial charge in [-0.05, 0) is 25.3 Å². The average molecular weight is 323 g/mol. The standard InChI is InChI=1S/C14H17N3O4S/c1-22(20,21)13-4-2-3-11(8-13)16-14-6-5-12(17(18)19)7-10(14)9-15/h5-7,11,13,16H,2-4,8H2,1H3. The van der Waals surface area contributed by atoms with Crippen LogP contribution in [0.3, 0.4) is 0 Å². The van der Waals surface area contributed by atoms with Crippen LogP contribution in [0.25, 0.3) is 0 Å². The molecule has 1 aliphatic carbocycles. The lowest BCUT2D eigenvalue weighted by Gasteiger charge is -2.29. The number of nitro groups is 1. The lowest BCUT2D eigenvalue weighted by Crippen LogP contribution is -2.34. The molecule has 0 heterocycles. The summed E-state index contributed by atoms with van der Waals surface area (Å²) in [6.07, 6.45) is 3.99. The molecule has 2 rings (SSSR count). The molecular formula is C14H17N3O4S. The van der Waals surface area contributed by atoms with Crippen molar-refractivity contribution in [2.75, 3.05) is 11.6 Å². The van der Waals surface area contributed by atoms with Crippen LogP contribution in [0.15, 0.2) is 18.2 Å². The summed E-state index contributed by atoms with van der Waals surface area (Å²) in [7, 11) is -3.08. The molecule has 0 aromatic heterocycles. The van der Waals surface area contributed by atoms with E-state index in [2.05, 4.69) is 5.32 Å². The maximum absolute atomic E-state index is 11.7. The lowest BCUT2D eigenvalue weighted by atomic mass is 9.94. The van der Waals surface area contributed by atoms with E-state index < -0.39 is 14.8 Å². The Hall–Kier alpha value is -2.14. The number of hydrogen-bond donors (Lipinski definition) is 1. The molecule has 0 radical (unpaired) electrons. The van der Waals surface area contributed by atoms with Crippen molar-refractivity contribution in [3.63, 3.8) is 0 Å². The van der Waals surface area contributed by atoms with Crippen molar-refractivity contribution >= 4 is 21.2 Å². The van der Waals surface area contributed by atoms with Crippen LogP contribution in [0.1, 0.15) is 31.2 Å². The molecule has 0 saturated heterocycles. The van der Waals surface area contributed by atoms with Gasteiger partial charge in [-0.2, -0.15) is 5.26 Å². The van der Waals surface area contributed by atoms with Gasteiger partial charge in [0, 0.05) is 24.4 Å². The third-order valence-electron chi connectivity index (χ3n) is 3.93. The number of nitriles is 1. The third kappa shape index (κ3) is 3.74. The molecule has 1 N–H and O–H groups in total. The molecule has 2 unspecified atom stereocenters. The predicted octanol–water partition coefficient (Wildman–Crippen LogP) is 2.23. The Balaban J connectivity index is 2.17. The van der Waals surface area contributed by atoms with E-state index >= 15 is 0 Å². The second-order valence-corrected chi connectivity index (χ2v) is 7.88. The largest absolute Gasteiger partial charge is 0.381 e. The topological polar surface area (TPSA) is 113 Å². The van der Waals surface area contributed by atoms with Gasteiger partial charge < -0.3 is 5.32 Å². The Morgan fingerprint density at radius 3 is 2.73 bits per heavy atom. The van der Waals surface area contributed by atoms with E-state index in [-0.39, 0.29) is 22.5 Å². The zero-order valence-electron chi connectivity index (χ0n) is 12.2. The lowest BCUT2D eigenvalue weighted by molar-refractivity contribution is -0.384. The van der Waals surface area contributed by atoms with Gasteiger partial charge in [-0.15, -0.1) is 0 Å². The molecule has 7 nitrogen and oxygen atoms in total. The van der Waals surface area contributed by atoms with Crippen LogP contribution in [-0.4, -0.2) is 30.9 Å². The highest BCUT2D eigenvalue weighted by molar-refractivity contribution is 7.91. The second-order valence-electron chi connectivity index (χ2n) is 5.56. The number of non-ortho nitro benzene ring substituents is 1. The molecule has 1 fully saturated rings. The van der Waals surface area contributed by atoms with Crippen LogP contribution in [0.2, 0.25) is 0 Å². The van der Waals surface area contributed by atoms with Gasteiger partial charge in [-0.1, -0.05) is 6.42 Å². The first-order valence-corrected chi connectivity index (χ1v) is 8.90. The molecule has 2 atom stereocenters. The van der Waals surface area contributed by atoms with Crippen molar-refractivity contribution in [2.45, 2.75) is 37.0 Å². The number of sulfone groups is 1. The molecule has 1 aromatic rings. The minimum atomic E-state index is -3.08. The summed E-state index contributed by atoms with van der Waals surface area (Å²) in [5, 5.41) is 22.6. The third-order valence-corrected chi connectivity index (χ3v) is 5.56. The highest BCUT2D eigenvalue weighted by Crippen LogP contribution is 2.28. The summed E-state index contributed by atoms with van der Waals surface area (Å²) in [6, 6.07) is 5.94. The Labute approximate surface area is 129 Å². The van der Waals surface area contributed by atoms with Crippen LogP contribution < -0.4 is 5.32 Å². The van der Waals surface area contributed by atoms with Crippen LogP contribution in [0.4, 0.5) is 11.4 Å². The van der Waals surface area contributed by atoms with E-state index in [4.69, 9.17) is 5.26 Å². The van der Waals surface area contributed by atoms with Crippen LogP contribution in [0.5, 0.6) is 0 Å². The molecule has 1 aliphatic rings. The molecule has 8 heteroatoms. The van der Waals surface area contributed by atoms with E-state index in [1.807, 2.05) is 6.07 Å². The van der Waals surface area contributed by atoms with E-state index in [9.17, 15) is 18.5 Å². The molecule has 0 aliphatic heterocycles. The molecule has 0 amide bonds. The first-order valence-electron chi connectivity index (χ1n) is 6.95.